The van der Waals surface area contributed by atoms with Crippen molar-refractivity contribution in [3.8, 4) is 0 Å². The van der Waals surface area contributed by atoms with Crippen LogP contribution in [0, 0.1) is 0 Å². The predicted molar refractivity (Wildman–Crippen MR) is 61.9 cm³/mol. The van der Waals surface area contributed by atoms with E-state index in [4.69, 9.17) is 0 Å². The topological polar surface area (TPSA) is 42.7 Å². The summed E-state index contributed by atoms with van der Waals surface area (Å²) in [6.45, 7) is 2.97. The SMILES string of the molecule is CCCCCCn1nnc(CNC)c1C(F)F. The first kappa shape index (κ1) is 14.0. The average molecular weight is 246 g/mol. The van der Waals surface area contributed by atoms with E-state index in [-0.39, 0.29) is 5.69 Å². The summed E-state index contributed by atoms with van der Waals surface area (Å²) in [6, 6.07) is 0. The summed E-state index contributed by atoms with van der Waals surface area (Å²) >= 11 is 0. The van der Waals surface area contributed by atoms with Crippen LogP contribution >= 0.6 is 0 Å². The second-order valence-electron chi connectivity index (χ2n) is 4.04. The van der Waals surface area contributed by atoms with Crippen molar-refractivity contribution in [1.82, 2.24) is 20.3 Å². The molecular formula is C11H20F2N4. The fourth-order valence-electron chi connectivity index (χ4n) is 1.74. The van der Waals surface area contributed by atoms with Crippen molar-refractivity contribution in [3.05, 3.63) is 11.4 Å². The number of aryl methyl sites for hydroxylation is 1. The molecule has 0 unspecified atom stereocenters. The third-order valence-corrected chi connectivity index (χ3v) is 2.62. The van der Waals surface area contributed by atoms with E-state index in [9.17, 15) is 8.78 Å². The molecule has 1 N–H and O–H groups in total. The molecule has 4 nitrogen and oxygen atoms in total. The van der Waals surface area contributed by atoms with Crippen molar-refractivity contribution < 1.29 is 8.78 Å². The van der Waals surface area contributed by atoms with Crippen molar-refractivity contribution in [2.45, 2.75) is 52.1 Å². The molecule has 1 heterocycles. The van der Waals surface area contributed by atoms with Gasteiger partial charge in [-0.05, 0) is 13.5 Å². The quantitative estimate of drug-likeness (QED) is 0.717. The minimum absolute atomic E-state index is 0.0455. The molecule has 0 aromatic carbocycles. The van der Waals surface area contributed by atoms with Crippen LogP contribution in [0.25, 0.3) is 0 Å². The highest BCUT2D eigenvalue weighted by atomic mass is 19.3. The van der Waals surface area contributed by atoms with Crippen LogP contribution in [-0.4, -0.2) is 22.0 Å². The Bertz CT molecular complexity index is 325. The first-order valence-corrected chi connectivity index (χ1v) is 6.05. The first-order chi connectivity index (χ1) is 8.20. The normalized spacial score (nSPS) is 11.4. The lowest BCUT2D eigenvalue weighted by molar-refractivity contribution is 0.137. The molecule has 0 aliphatic rings. The molecule has 0 atom stereocenters. The number of alkyl halides is 2. The van der Waals surface area contributed by atoms with Crippen LogP contribution < -0.4 is 5.32 Å². The second kappa shape index (κ2) is 7.32. The van der Waals surface area contributed by atoms with Crippen molar-refractivity contribution in [2.75, 3.05) is 7.05 Å². The van der Waals surface area contributed by atoms with Crippen LogP contribution in [0.5, 0.6) is 0 Å². The van der Waals surface area contributed by atoms with E-state index in [1.54, 1.807) is 7.05 Å². The lowest BCUT2D eigenvalue weighted by Gasteiger charge is -2.06. The molecular weight excluding hydrogens is 226 g/mol. The summed E-state index contributed by atoms with van der Waals surface area (Å²) in [7, 11) is 1.70. The monoisotopic (exact) mass is 246 g/mol. The van der Waals surface area contributed by atoms with E-state index in [2.05, 4.69) is 22.6 Å². The van der Waals surface area contributed by atoms with E-state index in [0.29, 0.717) is 18.8 Å². The Labute approximate surface area is 100 Å². The van der Waals surface area contributed by atoms with Crippen LogP contribution in [0.4, 0.5) is 8.78 Å². The number of halogens is 2. The highest BCUT2D eigenvalue weighted by Gasteiger charge is 2.20. The second-order valence-corrected chi connectivity index (χ2v) is 4.04. The Morgan fingerprint density at radius 3 is 2.65 bits per heavy atom. The number of hydrogen-bond acceptors (Lipinski definition) is 3. The van der Waals surface area contributed by atoms with Gasteiger partial charge in [-0.2, -0.15) is 0 Å². The Morgan fingerprint density at radius 1 is 1.29 bits per heavy atom. The molecule has 1 aromatic rings. The molecule has 17 heavy (non-hydrogen) atoms. The molecule has 0 fully saturated rings. The number of hydrogen-bond donors (Lipinski definition) is 1. The summed E-state index contributed by atoms with van der Waals surface area (Å²) < 4.78 is 27.1. The van der Waals surface area contributed by atoms with Gasteiger partial charge in [-0.15, -0.1) is 5.10 Å². The van der Waals surface area contributed by atoms with Crippen LogP contribution in [-0.2, 0) is 13.1 Å². The predicted octanol–water partition coefficient (Wildman–Crippen LogP) is 2.52. The molecule has 98 valence electrons. The summed E-state index contributed by atoms with van der Waals surface area (Å²) in [5, 5.41) is 10.4. The van der Waals surface area contributed by atoms with E-state index >= 15 is 0 Å². The first-order valence-electron chi connectivity index (χ1n) is 6.05. The van der Waals surface area contributed by atoms with Crippen LogP contribution in [0.2, 0.25) is 0 Å². The number of aromatic nitrogens is 3. The van der Waals surface area contributed by atoms with E-state index in [1.807, 2.05) is 0 Å². The van der Waals surface area contributed by atoms with Crippen molar-refractivity contribution in [2.24, 2.45) is 0 Å². The highest BCUT2D eigenvalue weighted by molar-refractivity contribution is 5.11. The van der Waals surface area contributed by atoms with E-state index in [0.717, 1.165) is 25.7 Å². The zero-order chi connectivity index (χ0) is 12.7. The molecule has 0 saturated carbocycles. The molecule has 0 spiro atoms. The Morgan fingerprint density at radius 2 is 2.06 bits per heavy atom. The third kappa shape index (κ3) is 4.03. The van der Waals surface area contributed by atoms with Crippen molar-refractivity contribution >= 4 is 0 Å². The molecule has 6 heteroatoms. The van der Waals surface area contributed by atoms with Crippen molar-refractivity contribution in [1.29, 1.82) is 0 Å². The fraction of sp³-hybridized carbons (Fsp3) is 0.818. The number of nitrogens with one attached hydrogen (secondary N) is 1. The largest absolute Gasteiger partial charge is 0.314 e. The van der Waals surface area contributed by atoms with Crippen LogP contribution in [0.3, 0.4) is 0 Å². The standard InChI is InChI=1S/C11H20F2N4/c1-3-4-5-6-7-17-10(11(12)13)9(8-14-2)15-16-17/h11,14H,3-8H2,1-2H3. The highest BCUT2D eigenvalue weighted by Crippen LogP contribution is 2.21. The van der Waals surface area contributed by atoms with Gasteiger partial charge in [0.15, 0.2) is 0 Å². The lowest BCUT2D eigenvalue weighted by atomic mass is 10.2. The maximum atomic E-state index is 12.9. The van der Waals surface area contributed by atoms with Gasteiger partial charge in [0.25, 0.3) is 6.43 Å². The van der Waals surface area contributed by atoms with Crippen LogP contribution in [0.15, 0.2) is 0 Å². The Kier molecular flexibility index (Phi) is 6.04. The number of unbranched alkanes of at least 4 members (excludes halogenated alkanes) is 3. The molecule has 0 aliphatic carbocycles. The van der Waals surface area contributed by atoms with Gasteiger partial charge in [-0.1, -0.05) is 31.4 Å². The van der Waals surface area contributed by atoms with E-state index in [1.165, 1.54) is 4.68 Å². The van der Waals surface area contributed by atoms with E-state index < -0.39 is 6.43 Å². The summed E-state index contributed by atoms with van der Waals surface area (Å²) in [5.41, 5.74) is 0.300. The van der Waals surface area contributed by atoms with Gasteiger partial charge in [0.1, 0.15) is 11.4 Å². The van der Waals surface area contributed by atoms with Crippen LogP contribution in [0.1, 0.15) is 50.4 Å². The van der Waals surface area contributed by atoms with Gasteiger partial charge in [0, 0.05) is 13.1 Å². The summed E-state index contributed by atoms with van der Waals surface area (Å²) in [6.07, 6.45) is 1.65. The lowest BCUT2D eigenvalue weighted by Crippen LogP contribution is -2.11. The third-order valence-electron chi connectivity index (χ3n) is 2.62. The number of nitrogens with zero attached hydrogens (tertiary/aromatic N) is 3. The zero-order valence-corrected chi connectivity index (χ0v) is 10.4. The van der Waals surface area contributed by atoms with Gasteiger partial charge < -0.3 is 5.32 Å². The summed E-state index contributed by atoms with van der Waals surface area (Å²) in [5.74, 6) is 0. The smallest absolute Gasteiger partial charge is 0.281 e. The van der Waals surface area contributed by atoms with Gasteiger partial charge in [-0.25, -0.2) is 13.5 Å². The van der Waals surface area contributed by atoms with Gasteiger partial charge in [0.2, 0.25) is 0 Å². The van der Waals surface area contributed by atoms with Gasteiger partial charge >= 0.3 is 0 Å². The average Bonchev–Trinajstić information content (AvgIpc) is 2.68. The molecule has 0 aliphatic heterocycles. The maximum absolute atomic E-state index is 12.9. The Hall–Kier alpha value is -1.04. The van der Waals surface area contributed by atoms with Gasteiger partial charge in [-0.3, -0.25) is 0 Å². The van der Waals surface area contributed by atoms with Gasteiger partial charge in [0.05, 0.1) is 0 Å². The minimum atomic E-state index is -2.51. The molecule has 1 aromatic heterocycles. The summed E-state index contributed by atoms with van der Waals surface area (Å²) in [4.78, 5) is 0. The Balaban J connectivity index is 2.64. The fourth-order valence-corrected chi connectivity index (χ4v) is 1.74. The molecule has 1 rings (SSSR count). The molecule has 0 amide bonds. The molecule has 0 saturated heterocycles. The molecule has 0 bridgehead atoms. The number of rotatable bonds is 8. The molecule has 0 radical (unpaired) electrons. The zero-order valence-electron chi connectivity index (χ0n) is 10.4. The maximum Gasteiger partial charge on any atom is 0.281 e. The minimum Gasteiger partial charge on any atom is -0.314 e. The van der Waals surface area contributed by atoms with Crippen molar-refractivity contribution in [3.63, 3.8) is 0 Å².